The van der Waals surface area contributed by atoms with Gasteiger partial charge in [0.25, 0.3) is 0 Å². The molecule has 1 aromatic rings. The molecule has 1 aliphatic carbocycles. The zero-order chi connectivity index (χ0) is 13.2. The van der Waals surface area contributed by atoms with Crippen LogP contribution in [-0.2, 0) is 11.3 Å². The number of benzene rings is 1. The van der Waals surface area contributed by atoms with E-state index in [4.69, 9.17) is 4.74 Å². The van der Waals surface area contributed by atoms with Gasteiger partial charge in [-0.25, -0.2) is 4.79 Å². The Morgan fingerprint density at radius 3 is 2.47 bits per heavy atom. The quantitative estimate of drug-likeness (QED) is 0.789. The second-order valence-electron chi connectivity index (χ2n) is 4.34. The first-order valence-corrected chi connectivity index (χ1v) is 5.64. The van der Waals surface area contributed by atoms with Crippen LogP contribution in [0.25, 0.3) is 0 Å². The molecule has 1 aliphatic rings. The number of rotatable bonds is 4. The van der Waals surface area contributed by atoms with E-state index < -0.39 is 24.9 Å². The van der Waals surface area contributed by atoms with Gasteiger partial charge in [-0.05, 0) is 5.56 Å². The molecule has 1 saturated carbocycles. The molecule has 19 heavy (non-hydrogen) atoms. The Bertz CT molecular complexity index is 430. The van der Waals surface area contributed by atoms with Gasteiger partial charge in [0.15, 0.2) is 0 Å². The summed E-state index contributed by atoms with van der Waals surface area (Å²) in [5, 5.41) is 2.22. The first kappa shape index (κ1) is 17.0. The summed E-state index contributed by atoms with van der Waals surface area (Å²) >= 11 is 0. The van der Waals surface area contributed by atoms with Crippen molar-refractivity contribution in [2.75, 3.05) is 0 Å². The zero-order valence-electron chi connectivity index (χ0n) is 10.5. The molecular formula is C11H12BF3KNO2. The Morgan fingerprint density at radius 1 is 1.32 bits per heavy atom. The monoisotopic (exact) mass is 297 g/mol. The van der Waals surface area contributed by atoms with E-state index >= 15 is 0 Å². The van der Waals surface area contributed by atoms with Crippen LogP contribution in [0.2, 0.25) is 5.82 Å². The molecule has 0 unspecified atom stereocenters. The third-order valence-corrected chi connectivity index (χ3v) is 2.84. The van der Waals surface area contributed by atoms with Gasteiger partial charge >= 0.3 is 64.5 Å². The minimum absolute atomic E-state index is 0. The van der Waals surface area contributed by atoms with E-state index in [0.29, 0.717) is 0 Å². The number of halogens is 3. The van der Waals surface area contributed by atoms with E-state index in [9.17, 15) is 17.7 Å². The molecule has 8 heteroatoms. The molecule has 98 valence electrons. The number of hydrogen-bond donors (Lipinski definition) is 1. The van der Waals surface area contributed by atoms with Gasteiger partial charge < -0.3 is 23.0 Å². The smallest absolute Gasteiger partial charge is 0.449 e. The molecule has 0 bridgehead atoms. The SMILES string of the molecule is O=C(N[C@@H]1C[C@H]1[B-](F)(F)F)OCc1ccccc1.[K+]. The van der Waals surface area contributed by atoms with Crippen molar-refractivity contribution in [3.8, 4) is 0 Å². The molecule has 0 saturated heterocycles. The summed E-state index contributed by atoms with van der Waals surface area (Å²) in [6.45, 7) is -4.80. The molecule has 2 rings (SSSR count). The molecular weight excluding hydrogens is 285 g/mol. The average Bonchev–Trinajstić information content (AvgIpc) is 3.07. The fraction of sp³-hybridized carbons (Fsp3) is 0.364. The van der Waals surface area contributed by atoms with Crippen molar-refractivity contribution in [1.29, 1.82) is 0 Å². The van der Waals surface area contributed by atoms with Crippen molar-refractivity contribution < 1.29 is 73.9 Å². The predicted octanol–water partition coefficient (Wildman–Crippen LogP) is -0.0933. The zero-order valence-corrected chi connectivity index (χ0v) is 13.6. The van der Waals surface area contributed by atoms with Crippen LogP contribution < -0.4 is 56.7 Å². The van der Waals surface area contributed by atoms with Crippen LogP contribution >= 0.6 is 0 Å². The van der Waals surface area contributed by atoms with E-state index in [-0.39, 0.29) is 64.4 Å². The van der Waals surface area contributed by atoms with Gasteiger partial charge in [0.05, 0.1) is 0 Å². The second kappa shape index (κ2) is 7.12. The summed E-state index contributed by atoms with van der Waals surface area (Å²) in [5.41, 5.74) is 0.792. The van der Waals surface area contributed by atoms with Gasteiger partial charge in [0.1, 0.15) is 6.61 Å². The van der Waals surface area contributed by atoms with Crippen LogP contribution in [0.3, 0.4) is 0 Å². The number of carbonyl (C=O) groups excluding carboxylic acids is 1. The van der Waals surface area contributed by atoms with E-state index in [0.717, 1.165) is 5.56 Å². The normalized spacial score (nSPS) is 21.2. The molecule has 0 spiro atoms. The molecule has 0 aromatic heterocycles. The first-order valence-electron chi connectivity index (χ1n) is 5.64. The van der Waals surface area contributed by atoms with Crippen molar-refractivity contribution in [2.45, 2.75) is 24.9 Å². The maximum Gasteiger partial charge on any atom is 1.00 e. The van der Waals surface area contributed by atoms with Gasteiger partial charge in [-0.15, -0.1) is 0 Å². The fourth-order valence-electron chi connectivity index (χ4n) is 1.71. The third-order valence-electron chi connectivity index (χ3n) is 2.84. The summed E-state index contributed by atoms with van der Waals surface area (Å²) in [5.74, 6) is -1.37. The Hall–Kier alpha value is -0.0187. The molecule has 1 fully saturated rings. The average molecular weight is 297 g/mol. The molecule has 0 radical (unpaired) electrons. The molecule has 0 aliphatic heterocycles. The van der Waals surface area contributed by atoms with E-state index in [1.165, 1.54) is 0 Å². The van der Waals surface area contributed by atoms with Gasteiger partial charge in [0.2, 0.25) is 0 Å². The number of hydrogen-bond acceptors (Lipinski definition) is 2. The summed E-state index contributed by atoms with van der Waals surface area (Å²) in [7, 11) is 0. The number of nitrogens with one attached hydrogen (secondary N) is 1. The maximum absolute atomic E-state index is 12.3. The molecule has 1 aromatic carbocycles. The Labute approximate surface area is 151 Å². The number of amides is 1. The second-order valence-corrected chi connectivity index (χ2v) is 4.34. The van der Waals surface area contributed by atoms with Crippen LogP contribution in [-0.4, -0.2) is 19.1 Å². The Kier molecular flexibility index (Phi) is 6.39. The molecule has 3 nitrogen and oxygen atoms in total. The molecule has 1 N–H and O–H groups in total. The van der Waals surface area contributed by atoms with Crippen LogP contribution in [0, 0.1) is 0 Å². The first-order chi connectivity index (χ1) is 8.47. The number of alkyl carbamates (subject to hydrolysis) is 1. The van der Waals surface area contributed by atoms with E-state index in [1.54, 1.807) is 24.3 Å². The fourth-order valence-corrected chi connectivity index (χ4v) is 1.71. The van der Waals surface area contributed by atoms with Crippen LogP contribution in [0.15, 0.2) is 30.3 Å². The summed E-state index contributed by atoms with van der Waals surface area (Å²) < 4.78 is 41.6. The van der Waals surface area contributed by atoms with E-state index in [2.05, 4.69) is 5.32 Å². The summed E-state index contributed by atoms with van der Waals surface area (Å²) in [6.07, 6.45) is -0.837. The van der Waals surface area contributed by atoms with E-state index in [1.807, 2.05) is 6.07 Å². The summed E-state index contributed by atoms with van der Waals surface area (Å²) in [6, 6.07) is 8.13. The van der Waals surface area contributed by atoms with Gasteiger partial charge in [-0.1, -0.05) is 42.6 Å². The topological polar surface area (TPSA) is 38.3 Å². The maximum atomic E-state index is 12.3. The van der Waals surface area contributed by atoms with Crippen LogP contribution in [0.1, 0.15) is 12.0 Å². The number of ether oxygens (including phenoxy) is 1. The number of carbonyl (C=O) groups is 1. The minimum atomic E-state index is -4.86. The van der Waals surface area contributed by atoms with Crippen LogP contribution in [0.5, 0.6) is 0 Å². The van der Waals surface area contributed by atoms with Crippen molar-refractivity contribution >= 4 is 13.1 Å². The molecule has 1 amide bonds. The van der Waals surface area contributed by atoms with Gasteiger partial charge in [-0.2, -0.15) is 0 Å². The third kappa shape index (κ3) is 5.47. The van der Waals surface area contributed by atoms with Crippen molar-refractivity contribution in [3.05, 3.63) is 35.9 Å². The van der Waals surface area contributed by atoms with Crippen molar-refractivity contribution in [3.63, 3.8) is 0 Å². The summed E-state index contributed by atoms with van der Waals surface area (Å²) in [4.78, 5) is 11.2. The predicted molar refractivity (Wildman–Crippen MR) is 61.0 cm³/mol. The molecule has 0 heterocycles. The van der Waals surface area contributed by atoms with Gasteiger partial charge in [0, 0.05) is 6.04 Å². The minimum Gasteiger partial charge on any atom is -0.449 e. The Balaban J connectivity index is 0.00000180. The van der Waals surface area contributed by atoms with Gasteiger partial charge in [-0.3, -0.25) is 0 Å². The molecule has 2 atom stereocenters. The largest absolute Gasteiger partial charge is 1.00 e. The Morgan fingerprint density at radius 2 is 1.95 bits per heavy atom. The van der Waals surface area contributed by atoms with Crippen molar-refractivity contribution in [1.82, 2.24) is 5.32 Å². The van der Waals surface area contributed by atoms with Crippen molar-refractivity contribution in [2.24, 2.45) is 0 Å². The standard InChI is InChI=1S/C11H12BF3NO2.K/c13-12(14,15)9-6-10(9)16-11(17)18-7-8-4-2-1-3-5-8;/h1-5,9-10H,6-7H2,(H,16,17);/q-1;+1/t9-,10-;/m1./s1. The van der Waals surface area contributed by atoms with Crippen LogP contribution in [0.4, 0.5) is 17.7 Å².